The molecule has 0 radical (unpaired) electrons. The number of thioether (sulfide) groups is 1. The van der Waals surface area contributed by atoms with E-state index < -0.39 is 5.41 Å². The molecule has 0 saturated carbocycles. The number of nitrogens with one attached hydrogen (secondary N) is 1. The first kappa shape index (κ1) is 21.4. The minimum Gasteiger partial charge on any atom is -0.326 e. The predicted molar refractivity (Wildman–Crippen MR) is 122 cm³/mol. The van der Waals surface area contributed by atoms with Gasteiger partial charge in [-0.05, 0) is 40.8 Å². The average Bonchev–Trinajstić information content (AvgIpc) is 3.02. The lowest BCUT2D eigenvalue weighted by Crippen LogP contribution is -2.28. The molecule has 0 bridgehead atoms. The van der Waals surface area contributed by atoms with Crippen LogP contribution in [0, 0.1) is 5.41 Å². The molecule has 1 aliphatic rings. The zero-order valence-electron chi connectivity index (χ0n) is 18.1. The van der Waals surface area contributed by atoms with Gasteiger partial charge in [-0.25, -0.2) is 0 Å². The van der Waals surface area contributed by atoms with Crippen LogP contribution in [0.25, 0.3) is 0 Å². The maximum atomic E-state index is 12.6. The summed E-state index contributed by atoms with van der Waals surface area (Å²) in [6, 6.07) is 16.1. The summed E-state index contributed by atoms with van der Waals surface area (Å²) in [5.41, 5.74) is 3.62. The summed E-state index contributed by atoms with van der Waals surface area (Å²) in [6.07, 6.45) is 0. The summed E-state index contributed by atoms with van der Waals surface area (Å²) < 4.78 is 0. The molecule has 2 aromatic rings. The third-order valence-corrected chi connectivity index (χ3v) is 6.23. The number of benzene rings is 2. The van der Waals surface area contributed by atoms with Crippen LogP contribution in [0.2, 0.25) is 0 Å². The molecule has 2 aromatic carbocycles. The van der Waals surface area contributed by atoms with E-state index in [9.17, 15) is 9.59 Å². The van der Waals surface area contributed by atoms with E-state index in [0.717, 1.165) is 16.9 Å². The Hall–Kier alpha value is -2.27. The summed E-state index contributed by atoms with van der Waals surface area (Å²) in [5, 5.41) is 2.89. The van der Waals surface area contributed by atoms with Gasteiger partial charge in [0.2, 0.25) is 11.8 Å². The molecule has 154 valence electrons. The highest BCUT2D eigenvalue weighted by Crippen LogP contribution is 2.42. The molecule has 0 spiro atoms. The lowest BCUT2D eigenvalue weighted by Gasteiger charge is -2.26. The van der Waals surface area contributed by atoms with Gasteiger partial charge in [-0.3, -0.25) is 14.5 Å². The zero-order chi connectivity index (χ0) is 21.4. The van der Waals surface area contributed by atoms with Crippen molar-refractivity contribution in [3.05, 3.63) is 59.7 Å². The van der Waals surface area contributed by atoms with E-state index in [0.29, 0.717) is 5.75 Å². The van der Waals surface area contributed by atoms with Crippen molar-refractivity contribution in [1.82, 2.24) is 0 Å². The van der Waals surface area contributed by atoms with E-state index in [2.05, 4.69) is 38.2 Å². The number of carbonyl (C=O) groups is 2. The summed E-state index contributed by atoms with van der Waals surface area (Å²) in [6.45, 7) is 12.2. The molecule has 3 rings (SSSR count). The number of hydrogen-bond donors (Lipinski definition) is 1. The Morgan fingerprint density at radius 2 is 1.55 bits per heavy atom. The molecular weight excluding hydrogens is 380 g/mol. The summed E-state index contributed by atoms with van der Waals surface area (Å²) in [7, 11) is 0. The van der Waals surface area contributed by atoms with Crippen molar-refractivity contribution < 1.29 is 9.59 Å². The lowest BCUT2D eigenvalue weighted by molar-refractivity contribution is -0.123. The fraction of sp³-hybridized carbons (Fsp3) is 0.417. The van der Waals surface area contributed by atoms with Gasteiger partial charge in [0.15, 0.2) is 0 Å². The van der Waals surface area contributed by atoms with E-state index in [4.69, 9.17) is 0 Å². The highest BCUT2D eigenvalue weighted by molar-refractivity contribution is 8.00. The van der Waals surface area contributed by atoms with Crippen LogP contribution in [0.5, 0.6) is 0 Å². The predicted octanol–water partition coefficient (Wildman–Crippen LogP) is 5.75. The molecule has 1 atom stereocenters. The molecule has 5 heteroatoms. The first-order valence-electron chi connectivity index (χ1n) is 9.92. The van der Waals surface area contributed by atoms with Crippen molar-refractivity contribution in [1.29, 1.82) is 0 Å². The quantitative estimate of drug-likeness (QED) is 0.701. The minimum atomic E-state index is -0.442. The van der Waals surface area contributed by atoms with Crippen LogP contribution >= 0.6 is 11.8 Å². The fourth-order valence-corrected chi connectivity index (χ4v) is 4.30. The third kappa shape index (κ3) is 4.84. The summed E-state index contributed by atoms with van der Waals surface area (Å²) in [5.74, 6) is 0.568. The van der Waals surface area contributed by atoms with Gasteiger partial charge in [0.05, 0.1) is 5.75 Å². The Labute approximate surface area is 178 Å². The molecule has 1 aliphatic heterocycles. The molecule has 2 amide bonds. The number of amides is 2. The van der Waals surface area contributed by atoms with Crippen molar-refractivity contribution in [2.24, 2.45) is 5.41 Å². The SMILES string of the molecule is CC(C)(C)C(=O)Nc1ccc([C@H]2SCC(=O)N2c2ccc(C(C)(C)C)cc2)cc1. The van der Waals surface area contributed by atoms with Gasteiger partial charge < -0.3 is 5.32 Å². The molecule has 29 heavy (non-hydrogen) atoms. The molecule has 1 fully saturated rings. The first-order valence-corrected chi connectivity index (χ1v) is 11.0. The van der Waals surface area contributed by atoms with Crippen molar-refractivity contribution in [2.45, 2.75) is 52.3 Å². The Morgan fingerprint density at radius 3 is 2.07 bits per heavy atom. The largest absolute Gasteiger partial charge is 0.326 e. The minimum absolute atomic E-state index is 0.0174. The van der Waals surface area contributed by atoms with Crippen LogP contribution in [-0.4, -0.2) is 17.6 Å². The molecule has 0 aliphatic carbocycles. The standard InChI is InChI=1S/C24H30N2O2S/c1-23(2,3)17-9-13-19(14-10-17)26-20(27)15-29-21(26)16-7-11-18(12-8-16)25-22(28)24(4,5)6/h7-14,21H,15H2,1-6H3,(H,25,28)/t21-/m1/s1. The van der Waals surface area contributed by atoms with Gasteiger partial charge in [-0.1, -0.05) is 65.8 Å². The molecule has 1 heterocycles. The van der Waals surface area contributed by atoms with Crippen LogP contribution in [0.3, 0.4) is 0 Å². The lowest BCUT2D eigenvalue weighted by atomic mass is 9.87. The average molecular weight is 411 g/mol. The smallest absolute Gasteiger partial charge is 0.238 e. The van der Waals surface area contributed by atoms with Gasteiger partial charge >= 0.3 is 0 Å². The van der Waals surface area contributed by atoms with Gasteiger partial charge in [0.1, 0.15) is 5.37 Å². The molecule has 0 unspecified atom stereocenters. The van der Waals surface area contributed by atoms with Crippen LogP contribution in [0.1, 0.15) is 58.0 Å². The maximum absolute atomic E-state index is 12.6. The molecule has 4 nitrogen and oxygen atoms in total. The Morgan fingerprint density at radius 1 is 0.966 bits per heavy atom. The van der Waals surface area contributed by atoms with Crippen LogP contribution in [0.4, 0.5) is 11.4 Å². The molecule has 0 aromatic heterocycles. The number of rotatable bonds is 3. The fourth-order valence-electron chi connectivity index (χ4n) is 3.12. The zero-order valence-corrected chi connectivity index (χ0v) is 18.9. The summed E-state index contributed by atoms with van der Waals surface area (Å²) >= 11 is 1.63. The van der Waals surface area contributed by atoms with Crippen LogP contribution in [-0.2, 0) is 15.0 Å². The Balaban J connectivity index is 1.81. The normalized spacial score (nSPS) is 17.5. The second-order valence-corrected chi connectivity index (χ2v) is 10.6. The van der Waals surface area contributed by atoms with E-state index in [-0.39, 0.29) is 22.6 Å². The highest BCUT2D eigenvalue weighted by atomic mass is 32.2. The second kappa shape index (κ2) is 7.86. The number of carbonyl (C=O) groups excluding carboxylic acids is 2. The maximum Gasteiger partial charge on any atom is 0.238 e. The number of anilines is 2. The number of nitrogens with zero attached hydrogens (tertiary/aromatic N) is 1. The van der Waals surface area contributed by atoms with E-state index in [1.54, 1.807) is 11.8 Å². The van der Waals surface area contributed by atoms with Crippen molar-refractivity contribution in [2.75, 3.05) is 16.0 Å². The van der Waals surface area contributed by atoms with E-state index in [1.807, 2.05) is 62.1 Å². The monoisotopic (exact) mass is 410 g/mol. The highest BCUT2D eigenvalue weighted by Gasteiger charge is 2.34. The molecular formula is C24H30N2O2S. The van der Waals surface area contributed by atoms with Gasteiger partial charge in [0, 0.05) is 16.8 Å². The molecule has 1 saturated heterocycles. The number of hydrogen-bond acceptors (Lipinski definition) is 3. The summed E-state index contributed by atoms with van der Waals surface area (Å²) in [4.78, 5) is 26.7. The van der Waals surface area contributed by atoms with Crippen LogP contribution in [0.15, 0.2) is 48.5 Å². The Kier molecular flexibility index (Phi) is 5.81. The first-order chi connectivity index (χ1) is 13.5. The molecule has 1 N–H and O–H groups in total. The van der Waals surface area contributed by atoms with E-state index >= 15 is 0 Å². The van der Waals surface area contributed by atoms with Crippen molar-refractivity contribution in [3.63, 3.8) is 0 Å². The third-order valence-electron chi connectivity index (χ3n) is 5.01. The Bertz CT molecular complexity index is 890. The van der Waals surface area contributed by atoms with Crippen LogP contribution < -0.4 is 10.2 Å². The topological polar surface area (TPSA) is 49.4 Å². The van der Waals surface area contributed by atoms with Gasteiger partial charge in [0.25, 0.3) is 0 Å². The van der Waals surface area contributed by atoms with Crippen molar-refractivity contribution in [3.8, 4) is 0 Å². The van der Waals surface area contributed by atoms with Gasteiger partial charge in [-0.2, -0.15) is 0 Å². The van der Waals surface area contributed by atoms with E-state index in [1.165, 1.54) is 5.56 Å². The van der Waals surface area contributed by atoms with Crippen molar-refractivity contribution >= 4 is 35.0 Å². The van der Waals surface area contributed by atoms with Gasteiger partial charge in [-0.15, -0.1) is 11.8 Å². The second-order valence-electron chi connectivity index (χ2n) is 9.55.